The van der Waals surface area contributed by atoms with Crippen molar-refractivity contribution in [2.45, 2.75) is 45.0 Å². The first-order chi connectivity index (χ1) is 12.4. The van der Waals surface area contributed by atoms with Gasteiger partial charge in [0.2, 0.25) is 0 Å². The number of nitrogens with zero attached hydrogens (tertiary/aromatic N) is 3. The number of imidazole rings is 1. The maximum atomic E-state index is 12.9. The highest BCUT2D eigenvalue weighted by atomic mass is 127. The van der Waals surface area contributed by atoms with Gasteiger partial charge in [-0.1, -0.05) is 18.2 Å². The molecule has 0 fully saturated rings. The summed E-state index contributed by atoms with van der Waals surface area (Å²) in [6, 6.07) is 7.86. The average molecular weight is 491 g/mol. The molecule has 1 unspecified atom stereocenters. The number of rotatable bonds is 4. The van der Waals surface area contributed by atoms with Crippen molar-refractivity contribution in [3.63, 3.8) is 0 Å². The molecule has 9 heteroatoms. The van der Waals surface area contributed by atoms with E-state index in [1.54, 1.807) is 7.05 Å². The highest BCUT2D eigenvalue weighted by molar-refractivity contribution is 14.0. The Labute approximate surface area is 174 Å². The van der Waals surface area contributed by atoms with Crippen LogP contribution < -0.4 is 15.4 Å². The fourth-order valence-corrected chi connectivity index (χ4v) is 3.11. The third kappa shape index (κ3) is 5.08. The summed E-state index contributed by atoms with van der Waals surface area (Å²) in [7, 11) is 1.64. The van der Waals surface area contributed by atoms with Crippen molar-refractivity contribution in [2.75, 3.05) is 7.05 Å². The second-order valence-electron chi connectivity index (χ2n) is 6.75. The fourth-order valence-electron chi connectivity index (χ4n) is 3.11. The van der Waals surface area contributed by atoms with E-state index < -0.39 is 6.55 Å². The lowest BCUT2D eigenvalue weighted by Crippen LogP contribution is -2.45. The molecule has 1 atom stereocenters. The first kappa shape index (κ1) is 21.4. The molecule has 2 aromatic rings. The largest absolute Gasteiger partial charge is 0.487 e. The van der Waals surface area contributed by atoms with E-state index >= 15 is 0 Å². The molecule has 148 valence electrons. The molecule has 0 bridgehead atoms. The Morgan fingerprint density at radius 2 is 2.15 bits per heavy atom. The van der Waals surface area contributed by atoms with Crippen molar-refractivity contribution >= 4 is 29.9 Å². The number of guanidine groups is 1. The summed E-state index contributed by atoms with van der Waals surface area (Å²) in [5, 5.41) is 6.42. The Kier molecular flexibility index (Phi) is 7.01. The molecule has 0 saturated carbocycles. The average Bonchev–Trinajstić information content (AvgIpc) is 3.06. The number of aromatic nitrogens is 2. The van der Waals surface area contributed by atoms with Crippen LogP contribution in [0.1, 0.15) is 44.2 Å². The number of hydrogen-bond acceptors (Lipinski definition) is 3. The zero-order valence-corrected chi connectivity index (χ0v) is 17.8. The van der Waals surface area contributed by atoms with Crippen molar-refractivity contribution in [3.8, 4) is 5.75 Å². The van der Waals surface area contributed by atoms with Crippen molar-refractivity contribution in [2.24, 2.45) is 4.99 Å². The minimum atomic E-state index is -2.62. The second kappa shape index (κ2) is 8.85. The number of benzene rings is 1. The topological polar surface area (TPSA) is 63.5 Å². The van der Waals surface area contributed by atoms with E-state index in [1.807, 2.05) is 38.1 Å². The van der Waals surface area contributed by atoms with Gasteiger partial charge in [0.25, 0.3) is 0 Å². The molecule has 0 radical (unpaired) electrons. The SMILES string of the molecule is CN=C(NCc1nccn1C(F)F)NC1CC(C)(C)Oc2ccccc21.I. The van der Waals surface area contributed by atoms with Crippen LogP contribution in [-0.4, -0.2) is 28.2 Å². The van der Waals surface area contributed by atoms with Crippen LogP contribution in [-0.2, 0) is 6.54 Å². The van der Waals surface area contributed by atoms with Gasteiger partial charge in [-0.3, -0.25) is 9.56 Å². The van der Waals surface area contributed by atoms with Gasteiger partial charge in [-0.2, -0.15) is 8.78 Å². The molecular formula is C18H24F2IN5O. The Balaban J connectivity index is 0.00000261. The predicted molar refractivity (Wildman–Crippen MR) is 111 cm³/mol. The normalized spacial score (nSPS) is 18.3. The standard InChI is InChI=1S/C18H23F2N5O.HI/c1-18(2)10-13(12-6-4-5-7-14(12)26-18)24-17(21-3)23-11-15-22-8-9-25(15)16(19)20;/h4-9,13,16H,10-11H2,1-3H3,(H2,21,23,24);1H. The lowest BCUT2D eigenvalue weighted by atomic mass is 9.90. The molecule has 1 aliphatic rings. The number of aliphatic imine (C=N–C) groups is 1. The third-order valence-electron chi connectivity index (χ3n) is 4.28. The van der Waals surface area contributed by atoms with E-state index in [0.29, 0.717) is 5.96 Å². The summed E-state index contributed by atoms with van der Waals surface area (Å²) in [5.41, 5.74) is 0.723. The van der Waals surface area contributed by atoms with Gasteiger partial charge < -0.3 is 15.4 Å². The maximum absolute atomic E-state index is 12.9. The first-order valence-electron chi connectivity index (χ1n) is 8.44. The molecule has 0 amide bonds. The minimum Gasteiger partial charge on any atom is -0.487 e. The number of para-hydroxylation sites is 1. The summed E-state index contributed by atoms with van der Waals surface area (Å²) >= 11 is 0. The summed E-state index contributed by atoms with van der Waals surface area (Å²) in [6.45, 7) is 1.60. The van der Waals surface area contributed by atoms with Crippen LogP contribution >= 0.6 is 24.0 Å². The molecule has 1 aromatic carbocycles. The Bertz CT molecular complexity index is 794. The number of ether oxygens (including phenoxy) is 1. The van der Waals surface area contributed by atoms with E-state index in [0.717, 1.165) is 22.3 Å². The smallest absolute Gasteiger partial charge is 0.319 e. The van der Waals surface area contributed by atoms with Gasteiger partial charge >= 0.3 is 6.55 Å². The summed E-state index contributed by atoms with van der Waals surface area (Å²) in [5.74, 6) is 1.60. The lowest BCUT2D eigenvalue weighted by Gasteiger charge is -2.38. The lowest BCUT2D eigenvalue weighted by molar-refractivity contribution is 0.0664. The van der Waals surface area contributed by atoms with E-state index in [1.165, 1.54) is 12.4 Å². The van der Waals surface area contributed by atoms with Crippen LogP contribution in [0, 0.1) is 0 Å². The number of alkyl halides is 2. The Hall–Kier alpha value is -1.91. The van der Waals surface area contributed by atoms with Gasteiger partial charge in [-0.15, -0.1) is 24.0 Å². The van der Waals surface area contributed by atoms with Gasteiger partial charge in [0, 0.05) is 31.4 Å². The minimum absolute atomic E-state index is 0. The van der Waals surface area contributed by atoms with Gasteiger partial charge in [0.05, 0.1) is 12.6 Å². The van der Waals surface area contributed by atoms with Crippen LogP contribution in [0.5, 0.6) is 5.75 Å². The van der Waals surface area contributed by atoms with Crippen molar-refractivity contribution < 1.29 is 13.5 Å². The molecule has 0 saturated heterocycles. The van der Waals surface area contributed by atoms with E-state index in [4.69, 9.17) is 4.74 Å². The van der Waals surface area contributed by atoms with E-state index in [-0.39, 0.29) is 48.0 Å². The molecular weight excluding hydrogens is 467 g/mol. The first-order valence-corrected chi connectivity index (χ1v) is 8.44. The molecule has 2 N–H and O–H groups in total. The van der Waals surface area contributed by atoms with Crippen LogP contribution in [0.4, 0.5) is 8.78 Å². The summed E-state index contributed by atoms with van der Waals surface area (Å²) < 4.78 is 32.7. The Morgan fingerprint density at radius 1 is 1.41 bits per heavy atom. The zero-order valence-electron chi connectivity index (χ0n) is 15.4. The van der Waals surface area contributed by atoms with Crippen molar-refractivity contribution in [1.82, 2.24) is 20.2 Å². The number of fused-ring (bicyclic) bond motifs is 1. The summed E-state index contributed by atoms with van der Waals surface area (Å²) in [4.78, 5) is 8.17. The van der Waals surface area contributed by atoms with Gasteiger partial charge in [-0.05, 0) is 19.9 Å². The Morgan fingerprint density at radius 3 is 2.85 bits per heavy atom. The predicted octanol–water partition coefficient (Wildman–Crippen LogP) is 3.86. The summed E-state index contributed by atoms with van der Waals surface area (Å²) in [6.07, 6.45) is 3.36. The molecule has 0 aliphatic carbocycles. The van der Waals surface area contributed by atoms with Crippen LogP contribution in [0.3, 0.4) is 0 Å². The number of hydrogen-bond donors (Lipinski definition) is 2. The zero-order chi connectivity index (χ0) is 18.7. The monoisotopic (exact) mass is 491 g/mol. The van der Waals surface area contributed by atoms with Crippen LogP contribution in [0.2, 0.25) is 0 Å². The number of nitrogens with one attached hydrogen (secondary N) is 2. The maximum Gasteiger partial charge on any atom is 0.319 e. The highest BCUT2D eigenvalue weighted by Crippen LogP contribution is 2.39. The van der Waals surface area contributed by atoms with Gasteiger partial charge in [0.15, 0.2) is 5.96 Å². The number of halogens is 3. The molecule has 0 spiro atoms. The second-order valence-corrected chi connectivity index (χ2v) is 6.75. The third-order valence-corrected chi connectivity index (χ3v) is 4.28. The highest BCUT2D eigenvalue weighted by Gasteiger charge is 2.34. The van der Waals surface area contributed by atoms with E-state index in [9.17, 15) is 8.78 Å². The fraction of sp³-hybridized carbons (Fsp3) is 0.444. The molecule has 1 aliphatic heterocycles. The van der Waals surface area contributed by atoms with Crippen molar-refractivity contribution in [3.05, 3.63) is 48.0 Å². The molecule has 1 aromatic heterocycles. The van der Waals surface area contributed by atoms with Gasteiger partial charge in [0.1, 0.15) is 17.2 Å². The van der Waals surface area contributed by atoms with Crippen molar-refractivity contribution in [1.29, 1.82) is 0 Å². The molecule has 2 heterocycles. The molecule has 27 heavy (non-hydrogen) atoms. The van der Waals surface area contributed by atoms with Crippen LogP contribution in [0.25, 0.3) is 0 Å². The van der Waals surface area contributed by atoms with E-state index in [2.05, 4.69) is 20.6 Å². The van der Waals surface area contributed by atoms with Crippen LogP contribution in [0.15, 0.2) is 41.7 Å². The quantitative estimate of drug-likeness (QED) is 0.388. The molecule has 6 nitrogen and oxygen atoms in total. The molecule has 3 rings (SSSR count). The van der Waals surface area contributed by atoms with Gasteiger partial charge in [-0.25, -0.2) is 4.98 Å².